The lowest BCUT2D eigenvalue weighted by Gasteiger charge is -2.34. The molecule has 0 atom stereocenters. The monoisotopic (exact) mass is 393 g/mol. The van der Waals surface area contributed by atoms with Crippen LogP contribution in [0.25, 0.3) is 22.6 Å². The molecule has 3 heterocycles. The van der Waals surface area contributed by atoms with E-state index in [0.717, 1.165) is 41.5 Å². The number of carboxylic acids is 1. The lowest BCUT2D eigenvalue weighted by Crippen LogP contribution is -2.48. The molecule has 3 aromatic rings. The van der Waals surface area contributed by atoms with Gasteiger partial charge in [-0.15, -0.1) is 0 Å². The number of amidine groups is 1. The van der Waals surface area contributed by atoms with Crippen LogP contribution in [-0.2, 0) is 11.8 Å². The number of nitrogens with one attached hydrogen (secondary N) is 1. The first kappa shape index (κ1) is 18.9. The Morgan fingerprint density at radius 3 is 2.41 bits per heavy atom. The van der Waals surface area contributed by atoms with Crippen molar-refractivity contribution in [2.24, 2.45) is 12.8 Å². The van der Waals surface area contributed by atoms with E-state index in [1.165, 1.54) is 0 Å². The SMILES string of the molecule is Cn1c(-c2ccc(C(=N)N)cc2)nc2ccc(N3CCN(CC(=O)O)CC3)nc21. The molecular formula is C20H23N7O2. The Morgan fingerprint density at radius 2 is 1.79 bits per heavy atom. The van der Waals surface area contributed by atoms with E-state index in [2.05, 4.69) is 4.90 Å². The van der Waals surface area contributed by atoms with Gasteiger partial charge in [-0.2, -0.15) is 0 Å². The second-order valence-corrected chi connectivity index (χ2v) is 7.15. The fourth-order valence-corrected chi connectivity index (χ4v) is 3.61. The van der Waals surface area contributed by atoms with E-state index in [4.69, 9.17) is 26.2 Å². The maximum Gasteiger partial charge on any atom is 0.317 e. The second-order valence-electron chi connectivity index (χ2n) is 7.15. The molecule has 29 heavy (non-hydrogen) atoms. The number of nitrogens with zero attached hydrogens (tertiary/aromatic N) is 5. The zero-order valence-corrected chi connectivity index (χ0v) is 16.2. The number of benzene rings is 1. The first-order valence-corrected chi connectivity index (χ1v) is 9.40. The van der Waals surface area contributed by atoms with Gasteiger partial charge in [0.2, 0.25) is 0 Å². The molecule has 0 bridgehead atoms. The van der Waals surface area contributed by atoms with Crippen LogP contribution < -0.4 is 10.6 Å². The maximum atomic E-state index is 10.9. The predicted molar refractivity (Wildman–Crippen MR) is 111 cm³/mol. The Bertz CT molecular complexity index is 1070. The van der Waals surface area contributed by atoms with Crippen LogP contribution in [-0.4, -0.2) is 69.1 Å². The number of fused-ring (bicyclic) bond motifs is 1. The van der Waals surface area contributed by atoms with Gasteiger partial charge in [0, 0.05) is 44.4 Å². The van der Waals surface area contributed by atoms with Crippen molar-refractivity contribution in [2.75, 3.05) is 37.6 Å². The third kappa shape index (κ3) is 3.77. The highest BCUT2D eigenvalue weighted by Gasteiger charge is 2.21. The summed E-state index contributed by atoms with van der Waals surface area (Å²) in [7, 11) is 1.94. The van der Waals surface area contributed by atoms with Crippen molar-refractivity contribution in [1.82, 2.24) is 19.4 Å². The molecule has 0 spiro atoms. The molecule has 9 heteroatoms. The number of aryl methyl sites for hydroxylation is 1. The number of imidazole rings is 1. The van der Waals surface area contributed by atoms with Crippen molar-refractivity contribution in [1.29, 1.82) is 5.41 Å². The molecule has 0 unspecified atom stereocenters. The molecule has 0 aliphatic carbocycles. The number of piperazine rings is 1. The minimum Gasteiger partial charge on any atom is -0.480 e. The molecule has 2 aromatic heterocycles. The van der Waals surface area contributed by atoms with E-state index in [1.807, 2.05) is 52.9 Å². The van der Waals surface area contributed by atoms with Gasteiger partial charge < -0.3 is 20.3 Å². The number of aromatic nitrogens is 3. The first-order valence-electron chi connectivity index (χ1n) is 9.40. The topological polar surface area (TPSA) is 124 Å². The van der Waals surface area contributed by atoms with Gasteiger partial charge in [0.25, 0.3) is 0 Å². The second kappa shape index (κ2) is 7.51. The van der Waals surface area contributed by atoms with E-state index in [1.54, 1.807) is 0 Å². The number of hydrogen-bond donors (Lipinski definition) is 3. The molecule has 4 rings (SSSR count). The number of anilines is 1. The van der Waals surface area contributed by atoms with Gasteiger partial charge in [-0.1, -0.05) is 24.3 Å². The number of hydrogen-bond acceptors (Lipinski definition) is 6. The van der Waals surface area contributed by atoms with Gasteiger partial charge in [0.1, 0.15) is 23.0 Å². The van der Waals surface area contributed by atoms with Crippen molar-refractivity contribution in [3.8, 4) is 11.4 Å². The van der Waals surface area contributed by atoms with Crippen LogP contribution >= 0.6 is 0 Å². The summed E-state index contributed by atoms with van der Waals surface area (Å²) in [6, 6.07) is 11.4. The highest BCUT2D eigenvalue weighted by atomic mass is 16.4. The van der Waals surface area contributed by atoms with E-state index < -0.39 is 5.97 Å². The minimum absolute atomic E-state index is 0.0383. The van der Waals surface area contributed by atoms with Crippen LogP contribution in [0.1, 0.15) is 5.56 Å². The summed E-state index contributed by atoms with van der Waals surface area (Å²) in [5.74, 6) is 0.910. The molecule has 1 aliphatic rings. The Balaban J connectivity index is 1.58. The number of aliphatic carboxylic acids is 1. The van der Waals surface area contributed by atoms with E-state index in [9.17, 15) is 4.79 Å². The van der Waals surface area contributed by atoms with Gasteiger partial charge in [-0.3, -0.25) is 15.1 Å². The average Bonchev–Trinajstić information content (AvgIpc) is 3.04. The number of pyridine rings is 1. The number of carbonyl (C=O) groups is 1. The molecule has 1 saturated heterocycles. The van der Waals surface area contributed by atoms with Gasteiger partial charge in [0.15, 0.2) is 5.65 Å². The molecule has 9 nitrogen and oxygen atoms in total. The molecule has 150 valence electrons. The van der Waals surface area contributed by atoms with Crippen LogP contribution in [0.2, 0.25) is 0 Å². The zero-order chi connectivity index (χ0) is 20.5. The Morgan fingerprint density at radius 1 is 1.10 bits per heavy atom. The molecule has 0 saturated carbocycles. The van der Waals surface area contributed by atoms with Crippen LogP contribution in [0.3, 0.4) is 0 Å². The predicted octanol–water partition coefficient (Wildman–Crippen LogP) is 1.13. The summed E-state index contributed by atoms with van der Waals surface area (Å²) < 4.78 is 1.96. The standard InChI is InChI=1S/C20H23N7O2/c1-25-19(14-4-2-13(3-5-14)18(21)22)23-15-6-7-16(24-20(15)25)27-10-8-26(9-11-27)12-17(28)29/h2-7H,8-12H2,1H3,(H3,21,22)(H,28,29). The Labute approximate surface area is 167 Å². The summed E-state index contributed by atoms with van der Waals surface area (Å²) in [6.07, 6.45) is 0. The van der Waals surface area contributed by atoms with Crippen LogP contribution in [0.5, 0.6) is 0 Å². The quantitative estimate of drug-likeness (QED) is 0.438. The van der Waals surface area contributed by atoms with Gasteiger partial charge in [0.05, 0.1) is 6.54 Å². The molecule has 1 fully saturated rings. The summed E-state index contributed by atoms with van der Waals surface area (Å²) in [6.45, 7) is 2.95. The maximum absolute atomic E-state index is 10.9. The summed E-state index contributed by atoms with van der Waals surface area (Å²) in [4.78, 5) is 24.5. The summed E-state index contributed by atoms with van der Waals surface area (Å²) >= 11 is 0. The molecular weight excluding hydrogens is 370 g/mol. The van der Waals surface area contributed by atoms with Crippen molar-refractivity contribution in [2.45, 2.75) is 0 Å². The van der Waals surface area contributed by atoms with Gasteiger partial charge >= 0.3 is 5.97 Å². The molecule has 1 aromatic carbocycles. The Hall–Kier alpha value is -3.46. The minimum atomic E-state index is -0.795. The van der Waals surface area contributed by atoms with E-state index in [-0.39, 0.29) is 12.4 Å². The molecule has 0 amide bonds. The third-order valence-electron chi connectivity index (χ3n) is 5.21. The normalized spacial score (nSPS) is 15.0. The molecule has 1 aliphatic heterocycles. The fourth-order valence-electron chi connectivity index (χ4n) is 3.61. The summed E-state index contributed by atoms with van der Waals surface area (Å²) in [5, 5.41) is 16.5. The molecule has 4 N–H and O–H groups in total. The van der Waals surface area contributed by atoms with Crippen molar-refractivity contribution < 1.29 is 9.90 Å². The lowest BCUT2D eigenvalue weighted by atomic mass is 10.1. The number of carboxylic acid groups (broad SMARTS) is 1. The van der Waals surface area contributed by atoms with Crippen LogP contribution in [0.15, 0.2) is 36.4 Å². The average molecular weight is 393 g/mol. The Kier molecular flexibility index (Phi) is 4.89. The fraction of sp³-hybridized carbons (Fsp3) is 0.300. The molecule has 0 radical (unpaired) electrons. The smallest absolute Gasteiger partial charge is 0.317 e. The lowest BCUT2D eigenvalue weighted by molar-refractivity contribution is -0.138. The summed E-state index contributed by atoms with van der Waals surface area (Å²) in [5.41, 5.74) is 8.74. The van der Waals surface area contributed by atoms with Gasteiger partial charge in [-0.25, -0.2) is 9.97 Å². The van der Waals surface area contributed by atoms with Crippen LogP contribution in [0, 0.1) is 5.41 Å². The van der Waals surface area contributed by atoms with Crippen molar-refractivity contribution in [3.05, 3.63) is 42.0 Å². The highest BCUT2D eigenvalue weighted by molar-refractivity contribution is 5.95. The van der Waals surface area contributed by atoms with Gasteiger partial charge in [-0.05, 0) is 12.1 Å². The van der Waals surface area contributed by atoms with E-state index >= 15 is 0 Å². The highest BCUT2D eigenvalue weighted by Crippen LogP contribution is 2.25. The number of rotatable bonds is 5. The first-order chi connectivity index (χ1) is 13.9. The largest absolute Gasteiger partial charge is 0.480 e. The number of nitrogen functional groups attached to an aromatic ring is 1. The van der Waals surface area contributed by atoms with Crippen molar-refractivity contribution >= 4 is 28.8 Å². The van der Waals surface area contributed by atoms with E-state index in [0.29, 0.717) is 18.7 Å². The third-order valence-corrected chi connectivity index (χ3v) is 5.21. The van der Waals surface area contributed by atoms with Crippen LogP contribution in [0.4, 0.5) is 5.82 Å². The number of nitrogens with two attached hydrogens (primary N) is 1. The zero-order valence-electron chi connectivity index (χ0n) is 16.2. The van der Waals surface area contributed by atoms with Crippen molar-refractivity contribution in [3.63, 3.8) is 0 Å².